The van der Waals surface area contributed by atoms with Crippen molar-refractivity contribution >= 4 is 5.91 Å². The molecule has 0 atom stereocenters. The van der Waals surface area contributed by atoms with E-state index >= 15 is 0 Å². The van der Waals surface area contributed by atoms with E-state index in [2.05, 4.69) is 18.3 Å². The molecule has 0 aliphatic heterocycles. The zero-order chi connectivity index (χ0) is 14.1. The number of ether oxygens (including phenoxy) is 1. The molecule has 0 heterocycles. The van der Waals surface area contributed by atoms with Gasteiger partial charge in [0.25, 0.3) is 5.91 Å². The fourth-order valence-electron chi connectivity index (χ4n) is 1.93. The summed E-state index contributed by atoms with van der Waals surface area (Å²) in [6.45, 7) is 8.36. The third kappa shape index (κ3) is 6.39. The van der Waals surface area contributed by atoms with Crippen molar-refractivity contribution in [1.29, 1.82) is 0 Å². The molecule has 0 aliphatic carbocycles. The minimum absolute atomic E-state index is 0.000332. The van der Waals surface area contributed by atoms with Crippen molar-refractivity contribution in [2.75, 3.05) is 19.8 Å². The molecule has 0 spiro atoms. The summed E-state index contributed by atoms with van der Waals surface area (Å²) in [7, 11) is 0. The van der Waals surface area contributed by atoms with E-state index in [4.69, 9.17) is 4.74 Å². The van der Waals surface area contributed by atoms with E-state index in [1.54, 1.807) is 0 Å². The Morgan fingerprint density at radius 2 is 1.74 bits per heavy atom. The molecule has 0 bridgehead atoms. The average Bonchev–Trinajstić information content (AvgIpc) is 2.36. The summed E-state index contributed by atoms with van der Waals surface area (Å²) >= 11 is 0. The highest BCUT2D eigenvalue weighted by Gasteiger charge is 2.05. The molecule has 3 heteroatoms. The van der Waals surface area contributed by atoms with E-state index in [0.29, 0.717) is 13.2 Å². The smallest absolute Gasteiger partial charge is 0.251 e. The number of hydrogen-bond donors (Lipinski definition) is 1. The van der Waals surface area contributed by atoms with Gasteiger partial charge in [0.15, 0.2) is 0 Å². The Hall–Kier alpha value is -1.35. The molecule has 1 rings (SSSR count). The summed E-state index contributed by atoms with van der Waals surface area (Å²) in [5.41, 5.74) is 2.98. The van der Waals surface area contributed by atoms with Crippen molar-refractivity contribution in [2.45, 2.75) is 40.0 Å². The largest absolute Gasteiger partial charge is 0.381 e. The second-order valence-corrected chi connectivity index (χ2v) is 4.95. The first-order chi connectivity index (χ1) is 9.13. The van der Waals surface area contributed by atoms with Crippen LogP contribution in [0.5, 0.6) is 0 Å². The van der Waals surface area contributed by atoms with Gasteiger partial charge in [0, 0.05) is 25.3 Å². The maximum atomic E-state index is 11.9. The Morgan fingerprint density at radius 1 is 1.11 bits per heavy atom. The van der Waals surface area contributed by atoms with Crippen molar-refractivity contribution in [3.63, 3.8) is 0 Å². The van der Waals surface area contributed by atoms with Crippen LogP contribution in [-0.2, 0) is 4.74 Å². The number of benzene rings is 1. The molecule has 1 N–H and O–H groups in total. The van der Waals surface area contributed by atoms with Crippen LogP contribution >= 0.6 is 0 Å². The van der Waals surface area contributed by atoms with E-state index in [1.165, 1.54) is 0 Å². The molecule has 0 saturated heterocycles. The molecule has 1 amide bonds. The van der Waals surface area contributed by atoms with E-state index in [-0.39, 0.29) is 5.91 Å². The first-order valence-corrected chi connectivity index (χ1v) is 7.07. The number of aryl methyl sites for hydroxylation is 2. The molecule has 0 aliphatic rings. The van der Waals surface area contributed by atoms with Gasteiger partial charge in [-0.2, -0.15) is 0 Å². The number of amides is 1. The molecular formula is C16H25NO2. The van der Waals surface area contributed by atoms with Crippen LogP contribution in [0.25, 0.3) is 0 Å². The molecule has 19 heavy (non-hydrogen) atoms. The summed E-state index contributed by atoms with van der Waals surface area (Å²) < 4.78 is 5.45. The predicted molar refractivity (Wildman–Crippen MR) is 78.6 cm³/mol. The zero-order valence-electron chi connectivity index (χ0n) is 12.3. The number of carbonyl (C=O) groups excluding carboxylic acids is 1. The van der Waals surface area contributed by atoms with E-state index in [9.17, 15) is 4.79 Å². The van der Waals surface area contributed by atoms with Crippen molar-refractivity contribution in [2.24, 2.45) is 0 Å². The third-order valence-corrected chi connectivity index (χ3v) is 2.88. The summed E-state index contributed by atoms with van der Waals surface area (Å²) in [5, 5.41) is 2.93. The van der Waals surface area contributed by atoms with E-state index < -0.39 is 0 Å². The molecule has 1 aromatic carbocycles. The Kier molecular flexibility index (Phi) is 7.19. The second-order valence-electron chi connectivity index (χ2n) is 4.95. The van der Waals surface area contributed by atoms with Gasteiger partial charge in [-0.05, 0) is 38.8 Å². The Morgan fingerprint density at radius 3 is 2.37 bits per heavy atom. The van der Waals surface area contributed by atoms with Gasteiger partial charge in [0.2, 0.25) is 0 Å². The Balaban J connectivity index is 2.24. The predicted octanol–water partition coefficient (Wildman–Crippen LogP) is 3.24. The molecule has 1 aromatic rings. The number of carbonyl (C=O) groups is 1. The van der Waals surface area contributed by atoms with Crippen molar-refractivity contribution in [3.8, 4) is 0 Å². The average molecular weight is 263 g/mol. The van der Waals surface area contributed by atoms with Crippen LogP contribution in [0.15, 0.2) is 18.2 Å². The van der Waals surface area contributed by atoms with Crippen LogP contribution in [0.4, 0.5) is 0 Å². The Labute approximate surface area is 116 Å². The number of unbranched alkanes of at least 4 members (excludes halogenated alkanes) is 1. The van der Waals surface area contributed by atoms with Crippen LogP contribution in [0.3, 0.4) is 0 Å². The molecule has 0 aromatic heterocycles. The van der Waals surface area contributed by atoms with Gasteiger partial charge in [-0.25, -0.2) is 0 Å². The highest BCUT2D eigenvalue weighted by molar-refractivity contribution is 5.94. The summed E-state index contributed by atoms with van der Waals surface area (Å²) in [6.07, 6.45) is 3.12. The summed E-state index contributed by atoms with van der Waals surface area (Å²) in [6, 6.07) is 5.90. The lowest BCUT2D eigenvalue weighted by molar-refractivity contribution is 0.0940. The topological polar surface area (TPSA) is 38.3 Å². The fraction of sp³-hybridized carbons (Fsp3) is 0.562. The SMILES string of the molecule is CCCCOCCCNC(=O)c1cc(C)cc(C)c1. The number of nitrogens with one attached hydrogen (secondary N) is 1. The maximum Gasteiger partial charge on any atom is 0.251 e. The van der Waals surface area contributed by atoms with Crippen LogP contribution in [0.1, 0.15) is 47.7 Å². The quantitative estimate of drug-likeness (QED) is 0.731. The zero-order valence-corrected chi connectivity index (χ0v) is 12.3. The lowest BCUT2D eigenvalue weighted by Crippen LogP contribution is -2.25. The van der Waals surface area contributed by atoms with Gasteiger partial charge >= 0.3 is 0 Å². The van der Waals surface area contributed by atoms with E-state index in [1.807, 2.05) is 26.0 Å². The monoisotopic (exact) mass is 263 g/mol. The minimum atomic E-state index is 0.000332. The second kappa shape index (κ2) is 8.70. The van der Waals surface area contributed by atoms with Crippen LogP contribution in [0, 0.1) is 13.8 Å². The summed E-state index contributed by atoms with van der Waals surface area (Å²) in [5.74, 6) is 0.000332. The molecule has 0 saturated carbocycles. The molecule has 0 radical (unpaired) electrons. The molecule has 106 valence electrons. The van der Waals surface area contributed by atoms with Gasteiger partial charge in [-0.3, -0.25) is 4.79 Å². The lowest BCUT2D eigenvalue weighted by Gasteiger charge is -2.07. The molecular weight excluding hydrogens is 238 g/mol. The lowest BCUT2D eigenvalue weighted by atomic mass is 10.1. The molecule has 0 unspecified atom stereocenters. The van der Waals surface area contributed by atoms with Gasteiger partial charge in [0.05, 0.1) is 0 Å². The normalized spacial score (nSPS) is 10.5. The van der Waals surface area contributed by atoms with Crippen molar-refractivity contribution in [1.82, 2.24) is 5.32 Å². The maximum absolute atomic E-state index is 11.9. The summed E-state index contributed by atoms with van der Waals surface area (Å²) in [4.78, 5) is 11.9. The van der Waals surface area contributed by atoms with Crippen LogP contribution < -0.4 is 5.32 Å². The first-order valence-electron chi connectivity index (χ1n) is 7.07. The fourth-order valence-corrected chi connectivity index (χ4v) is 1.93. The van der Waals surface area contributed by atoms with E-state index in [0.717, 1.165) is 42.6 Å². The van der Waals surface area contributed by atoms with Crippen molar-refractivity contribution < 1.29 is 9.53 Å². The highest BCUT2D eigenvalue weighted by atomic mass is 16.5. The van der Waals surface area contributed by atoms with Gasteiger partial charge in [0.1, 0.15) is 0 Å². The van der Waals surface area contributed by atoms with Crippen molar-refractivity contribution in [3.05, 3.63) is 34.9 Å². The van der Waals surface area contributed by atoms with Gasteiger partial charge in [-0.1, -0.05) is 30.5 Å². The van der Waals surface area contributed by atoms with Gasteiger partial charge in [-0.15, -0.1) is 0 Å². The van der Waals surface area contributed by atoms with Gasteiger partial charge < -0.3 is 10.1 Å². The third-order valence-electron chi connectivity index (χ3n) is 2.88. The van der Waals surface area contributed by atoms with Crippen LogP contribution in [-0.4, -0.2) is 25.7 Å². The first kappa shape index (κ1) is 15.7. The Bertz CT molecular complexity index is 381. The number of rotatable bonds is 8. The molecule has 3 nitrogen and oxygen atoms in total. The molecule has 0 fully saturated rings. The standard InChI is InChI=1S/C16H25NO2/c1-4-5-8-19-9-6-7-17-16(18)15-11-13(2)10-14(3)12-15/h10-12H,4-9H2,1-3H3,(H,17,18). The highest BCUT2D eigenvalue weighted by Crippen LogP contribution is 2.08. The van der Waals surface area contributed by atoms with Crippen LogP contribution in [0.2, 0.25) is 0 Å². The number of hydrogen-bond acceptors (Lipinski definition) is 2. The minimum Gasteiger partial charge on any atom is -0.381 e.